The van der Waals surface area contributed by atoms with Crippen molar-refractivity contribution in [2.45, 2.75) is 62.8 Å². The molecule has 27 heavy (non-hydrogen) atoms. The maximum absolute atomic E-state index is 11.1. The molecule has 4 rings (SSSR count). The minimum Gasteiger partial charge on any atom is -0.483 e. The molecule has 2 aliphatic rings. The minimum atomic E-state index is -0.934. The van der Waals surface area contributed by atoms with E-state index in [0.29, 0.717) is 0 Å². The monoisotopic (exact) mass is 384 g/mol. The van der Waals surface area contributed by atoms with Gasteiger partial charge in [-0.05, 0) is 64.6 Å². The quantitative estimate of drug-likeness (QED) is 0.632. The van der Waals surface area contributed by atoms with Crippen LogP contribution in [0.2, 0.25) is 0 Å². The van der Waals surface area contributed by atoms with Crippen molar-refractivity contribution in [1.82, 2.24) is 0 Å². The number of alkyl halides is 1. The number of hydrogen-bond donors (Lipinski definition) is 1. The van der Waals surface area contributed by atoms with E-state index < -0.39 is 5.97 Å². The highest BCUT2D eigenvalue weighted by Gasteiger charge is 2.41. The van der Waals surface area contributed by atoms with Gasteiger partial charge in [-0.15, -0.1) is 11.6 Å². The Kier molecular flexibility index (Phi) is 4.08. The summed E-state index contributed by atoms with van der Waals surface area (Å²) >= 11 is 6.81. The lowest BCUT2D eigenvalue weighted by molar-refractivity contribution is 0.0696. The average Bonchev–Trinajstić information content (AvgIpc) is 2.94. The van der Waals surface area contributed by atoms with Crippen LogP contribution < -0.4 is 4.74 Å². The van der Waals surface area contributed by atoms with Gasteiger partial charge in [0, 0.05) is 5.56 Å². The number of benzene rings is 2. The summed E-state index contributed by atoms with van der Waals surface area (Å²) < 4.78 is 6.25. The van der Waals surface area contributed by atoms with Crippen LogP contribution in [-0.2, 0) is 10.8 Å². The normalized spacial score (nSPS) is 24.6. The molecule has 1 N–H and O–H groups in total. The highest BCUT2D eigenvalue weighted by Crippen LogP contribution is 2.54. The molecule has 1 aliphatic carbocycles. The van der Waals surface area contributed by atoms with Crippen LogP contribution >= 0.6 is 11.6 Å². The third kappa shape index (κ3) is 2.93. The summed E-state index contributed by atoms with van der Waals surface area (Å²) in [4.78, 5) is 11.1. The van der Waals surface area contributed by atoms with Gasteiger partial charge in [0.15, 0.2) is 0 Å². The summed E-state index contributed by atoms with van der Waals surface area (Å²) in [6.07, 6.45) is 2.00. The first-order valence-electron chi connectivity index (χ1n) is 9.43. The Labute approximate surface area is 165 Å². The topological polar surface area (TPSA) is 46.5 Å². The zero-order valence-corrected chi connectivity index (χ0v) is 16.9. The molecular weight excluding hydrogens is 360 g/mol. The SMILES string of the molecule is CC1(C)CCC(C)(C)c2cc3c(cc21)OC(c1ccc(C(=O)O)cc1)C3Cl. The lowest BCUT2D eigenvalue weighted by Crippen LogP contribution is -2.33. The molecule has 2 aromatic carbocycles. The number of ether oxygens (including phenoxy) is 1. The largest absolute Gasteiger partial charge is 0.483 e. The molecule has 0 saturated heterocycles. The van der Waals surface area contributed by atoms with Crippen molar-refractivity contribution < 1.29 is 14.6 Å². The Bertz CT molecular complexity index is 912. The lowest BCUT2D eigenvalue weighted by Gasteiger charge is -2.42. The number of rotatable bonds is 2. The molecule has 0 amide bonds. The first kappa shape index (κ1) is 18.4. The van der Waals surface area contributed by atoms with E-state index in [-0.39, 0.29) is 27.9 Å². The summed E-state index contributed by atoms with van der Waals surface area (Å²) in [5.41, 5.74) is 5.15. The molecule has 2 atom stereocenters. The van der Waals surface area contributed by atoms with Gasteiger partial charge in [0.1, 0.15) is 17.2 Å². The summed E-state index contributed by atoms with van der Waals surface area (Å²) in [5.74, 6) is -0.0800. The molecule has 0 bridgehead atoms. The van der Waals surface area contributed by atoms with Crippen LogP contribution in [0.4, 0.5) is 0 Å². The second-order valence-electron chi connectivity index (χ2n) is 9.07. The Balaban J connectivity index is 1.74. The van der Waals surface area contributed by atoms with Gasteiger partial charge in [-0.25, -0.2) is 4.79 Å². The van der Waals surface area contributed by atoms with Crippen LogP contribution in [0, 0.1) is 0 Å². The van der Waals surface area contributed by atoms with E-state index in [1.165, 1.54) is 11.1 Å². The minimum absolute atomic E-state index is 0.117. The third-order valence-corrected chi connectivity index (χ3v) is 6.75. The van der Waals surface area contributed by atoms with Crippen LogP contribution in [0.15, 0.2) is 36.4 Å². The van der Waals surface area contributed by atoms with Crippen LogP contribution in [0.5, 0.6) is 5.75 Å². The van der Waals surface area contributed by atoms with Crippen molar-refractivity contribution in [3.8, 4) is 5.75 Å². The van der Waals surface area contributed by atoms with Crippen molar-refractivity contribution in [2.75, 3.05) is 0 Å². The van der Waals surface area contributed by atoms with Crippen LogP contribution in [0.1, 0.15) is 84.6 Å². The number of carboxylic acids is 1. The molecule has 2 unspecified atom stereocenters. The first-order chi connectivity index (χ1) is 12.6. The first-order valence-corrected chi connectivity index (χ1v) is 9.87. The molecule has 0 fully saturated rings. The molecule has 2 aromatic rings. The lowest BCUT2D eigenvalue weighted by atomic mass is 9.63. The Morgan fingerprint density at radius 1 is 1.04 bits per heavy atom. The smallest absolute Gasteiger partial charge is 0.335 e. The molecular formula is C23H25ClO3. The number of halogens is 1. The van der Waals surface area contributed by atoms with E-state index in [2.05, 4.69) is 39.8 Å². The van der Waals surface area contributed by atoms with Crippen LogP contribution in [-0.4, -0.2) is 11.1 Å². The van der Waals surface area contributed by atoms with Gasteiger partial charge in [-0.2, -0.15) is 0 Å². The fourth-order valence-corrected chi connectivity index (χ4v) is 4.71. The molecule has 142 valence electrons. The van der Waals surface area contributed by atoms with E-state index >= 15 is 0 Å². The van der Waals surface area contributed by atoms with Crippen molar-refractivity contribution in [1.29, 1.82) is 0 Å². The van der Waals surface area contributed by atoms with E-state index in [4.69, 9.17) is 21.4 Å². The highest BCUT2D eigenvalue weighted by molar-refractivity contribution is 6.21. The summed E-state index contributed by atoms with van der Waals surface area (Å²) in [7, 11) is 0. The molecule has 0 saturated carbocycles. The molecule has 1 aliphatic heterocycles. The number of carbonyl (C=O) groups is 1. The van der Waals surface area contributed by atoms with Gasteiger partial charge in [-0.3, -0.25) is 0 Å². The maximum atomic E-state index is 11.1. The third-order valence-electron chi connectivity index (χ3n) is 6.29. The zero-order valence-electron chi connectivity index (χ0n) is 16.2. The predicted octanol–water partition coefficient (Wildman–Crippen LogP) is 6.15. The molecule has 1 heterocycles. The van der Waals surface area contributed by atoms with E-state index in [9.17, 15) is 4.79 Å². The van der Waals surface area contributed by atoms with Gasteiger partial charge in [0.25, 0.3) is 0 Å². The van der Waals surface area contributed by atoms with Gasteiger partial charge in [0.2, 0.25) is 0 Å². The standard InChI is InChI=1S/C23H25ClO3/c1-22(2)9-10-23(3,4)17-12-18-15(11-16(17)22)19(24)20(27-18)13-5-7-14(8-6-13)21(25)26/h5-8,11-12,19-20H,9-10H2,1-4H3,(H,25,26). The van der Waals surface area contributed by atoms with Crippen LogP contribution in [0.25, 0.3) is 0 Å². The molecule has 0 radical (unpaired) electrons. The second-order valence-corrected chi connectivity index (χ2v) is 9.54. The number of fused-ring (bicyclic) bond motifs is 2. The van der Waals surface area contributed by atoms with Gasteiger partial charge < -0.3 is 9.84 Å². The zero-order chi connectivity index (χ0) is 19.6. The molecule has 0 spiro atoms. The van der Waals surface area contributed by atoms with Crippen LogP contribution in [0.3, 0.4) is 0 Å². The number of aromatic carboxylic acids is 1. The summed E-state index contributed by atoms with van der Waals surface area (Å²) in [5, 5.41) is 8.81. The van der Waals surface area contributed by atoms with Gasteiger partial charge >= 0.3 is 5.97 Å². The van der Waals surface area contributed by atoms with E-state index in [0.717, 1.165) is 29.7 Å². The molecule has 0 aromatic heterocycles. The van der Waals surface area contributed by atoms with Gasteiger partial charge in [-0.1, -0.05) is 39.8 Å². The van der Waals surface area contributed by atoms with Crippen molar-refractivity contribution in [2.24, 2.45) is 0 Å². The summed E-state index contributed by atoms with van der Waals surface area (Å²) in [6.45, 7) is 9.19. The van der Waals surface area contributed by atoms with E-state index in [1.807, 2.05) is 0 Å². The van der Waals surface area contributed by atoms with Crippen molar-refractivity contribution in [3.05, 3.63) is 64.2 Å². The Morgan fingerprint density at radius 2 is 1.59 bits per heavy atom. The summed E-state index contributed by atoms with van der Waals surface area (Å²) in [6, 6.07) is 11.2. The average molecular weight is 385 g/mol. The van der Waals surface area contributed by atoms with Crippen molar-refractivity contribution >= 4 is 17.6 Å². The fourth-order valence-electron chi connectivity index (χ4n) is 4.34. The second kappa shape index (κ2) is 6.00. The predicted molar refractivity (Wildman–Crippen MR) is 107 cm³/mol. The maximum Gasteiger partial charge on any atom is 0.335 e. The number of hydrogen-bond acceptors (Lipinski definition) is 2. The Hall–Kier alpha value is -2.00. The van der Waals surface area contributed by atoms with Gasteiger partial charge in [0.05, 0.1) is 5.56 Å². The van der Waals surface area contributed by atoms with Crippen molar-refractivity contribution in [3.63, 3.8) is 0 Å². The molecule has 3 nitrogen and oxygen atoms in total. The number of carboxylic acid groups (broad SMARTS) is 1. The fraction of sp³-hybridized carbons (Fsp3) is 0.435. The van der Waals surface area contributed by atoms with E-state index in [1.54, 1.807) is 24.3 Å². The molecule has 4 heteroatoms. The highest BCUT2D eigenvalue weighted by atomic mass is 35.5. The Morgan fingerprint density at radius 3 is 2.15 bits per heavy atom.